The SMILES string of the molecule is Cc1ccc(C2=C(N3CCC(C)CC3)C(=O)N(c3ccc(N4CCCC4)cc3)C2=O)cc1C. The second-order valence-corrected chi connectivity index (χ2v) is 9.85. The molecule has 2 fully saturated rings. The topological polar surface area (TPSA) is 43.9 Å². The number of anilines is 2. The van der Waals surface area contributed by atoms with Gasteiger partial charge in [-0.15, -0.1) is 0 Å². The molecule has 2 aromatic rings. The molecule has 0 spiro atoms. The highest BCUT2D eigenvalue weighted by atomic mass is 16.2. The third-order valence-electron chi connectivity index (χ3n) is 7.53. The predicted molar refractivity (Wildman–Crippen MR) is 133 cm³/mol. The van der Waals surface area contributed by atoms with Crippen LogP contribution in [0, 0.1) is 19.8 Å². The van der Waals surface area contributed by atoms with Gasteiger partial charge in [-0.1, -0.05) is 25.1 Å². The minimum atomic E-state index is -0.217. The van der Waals surface area contributed by atoms with E-state index in [-0.39, 0.29) is 11.8 Å². The Hall–Kier alpha value is -3.08. The van der Waals surface area contributed by atoms with Gasteiger partial charge in [0.1, 0.15) is 5.70 Å². The van der Waals surface area contributed by atoms with Crippen molar-refractivity contribution >= 4 is 28.8 Å². The zero-order valence-electron chi connectivity index (χ0n) is 19.9. The molecule has 172 valence electrons. The Labute approximate surface area is 196 Å². The molecule has 0 saturated carbocycles. The van der Waals surface area contributed by atoms with Gasteiger partial charge in [-0.3, -0.25) is 9.59 Å². The largest absolute Gasteiger partial charge is 0.372 e. The molecule has 3 aliphatic rings. The van der Waals surface area contributed by atoms with E-state index >= 15 is 0 Å². The maximum absolute atomic E-state index is 13.8. The van der Waals surface area contributed by atoms with Crippen LogP contribution in [0.5, 0.6) is 0 Å². The van der Waals surface area contributed by atoms with Crippen LogP contribution in [0.1, 0.15) is 49.3 Å². The third-order valence-corrected chi connectivity index (χ3v) is 7.53. The highest BCUT2D eigenvalue weighted by molar-refractivity contribution is 6.45. The Balaban J connectivity index is 1.52. The van der Waals surface area contributed by atoms with E-state index in [1.165, 1.54) is 23.3 Å². The molecule has 0 radical (unpaired) electrons. The van der Waals surface area contributed by atoms with E-state index in [4.69, 9.17) is 0 Å². The summed E-state index contributed by atoms with van der Waals surface area (Å²) in [6.07, 6.45) is 4.50. The standard InChI is InChI=1S/C28H33N3O2/c1-19-12-16-30(17-13-19)26-25(22-7-6-20(2)21(3)18-22)27(32)31(28(26)33)24-10-8-23(9-11-24)29-14-4-5-15-29/h6-11,18-19H,4-5,12-17H2,1-3H3. The lowest BCUT2D eigenvalue weighted by Crippen LogP contribution is -2.38. The molecule has 5 heteroatoms. The Morgan fingerprint density at radius 2 is 1.36 bits per heavy atom. The van der Waals surface area contributed by atoms with Gasteiger partial charge in [-0.05, 0) is 86.4 Å². The number of imide groups is 1. The molecule has 3 heterocycles. The van der Waals surface area contributed by atoms with Crippen LogP contribution in [0.2, 0.25) is 0 Å². The van der Waals surface area contributed by atoms with Crippen LogP contribution in [-0.4, -0.2) is 42.9 Å². The molecule has 0 aromatic heterocycles. The number of carbonyl (C=O) groups is 2. The van der Waals surface area contributed by atoms with Gasteiger partial charge in [0.25, 0.3) is 11.8 Å². The quantitative estimate of drug-likeness (QED) is 0.629. The van der Waals surface area contributed by atoms with Gasteiger partial charge in [0.05, 0.1) is 11.3 Å². The number of hydrogen-bond donors (Lipinski definition) is 0. The number of rotatable bonds is 4. The molecule has 2 aromatic carbocycles. The molecule has 2 saturated heterocycles. The number of benzene rings is 2. The molecule has 2 amide bonds. The van der Waals surface area contributed by atoms with Crippen LogP contribution >= 0.6 is 0 Å². The lowest BCUT2D eigenvalue weighted by molar-refractivity contribution is -0.120. The Morgan fingerprint density at radius 3 is 2.00 bits per heavy atom. The smallest absolute Gasteiger partial charge is 0.282 e. The van der Waals surface area contributed by atoms with Crippen molar-refractivity contribution in [1.29, 1.82) is 0 Å². The van der Waals surface area contributed by atoms with Crippen LogP contribution in [0.3, 0.4) is 0 Å². The summed E-state index contributed by atoms with van der Waals surface area (Å²) < 4.78 is 0. The summed E-state index contributed by atoms with van der Waals surface area (Å²) in [6.45, 7) is 10.1. The first-order chi connectivity index (χ1) is 15.9. The molecule has 0 aliphatic carbocycles. The molecule has 0 unspecified atom stereocenters. The number of piperidine rings is 1. The first kappa shape index (κ1) is 21.7. The van der Waals surface area contributed by atoms with Gasteiger partial charge in [0, 0.05) is 31.9 Å². The van der Waals surface area contributed by atoms with Crippen molar-refractivity contribution in [3.63, 3.8) is 0 Å². The van der Waals surface area contributed by atoms with Crippen LogP contribution < -0.4 is 9.80 Å². The van der Waals surface area contributed by atoms with Gasteiger partial charge in [-0.25, -0.2) is 4.90 Å². The van der Waals surface area contributed by atoms with Crippen LogP contribution in [0.25, 0.3) is 5.57 Å². The Bertz CT molecular complexity index is 1100. The summed E-state index contributed by atoms with van der Waals surface area (Å²) in [5, 5.41) is 0. The van der Waals surface area contributed by atoms with Crippen molar-refractivity contribution in [3.8, 4) is 0 Å². The zero-order valence-corrected chi connectivity index (χ0v) is 19.9. The molecular formula is C28H33N3O2. The van der Waals surface area contributed by atoms with E-state index in [0.29, 0.717) is 22.9 Å². The fraction of sp³-hybridized carbons (Fsp3) is 0.429. The highest BCUT2D eigenvalue weighted by Gasteiger charge is 2.43. The number of amides is 2. The fourth-order valence-electron chi connectivity index (χ4n) is 5.22. The average molecular weight is 444 g/mol. The molecule has 5 nitrogen and oxygen atoms in total. The number of hydrogen-bond acceptors (Lipinski definition) is 4. The van der Waals surface area contributed by atoms with Gasteiger partial charge < -0.3 is 9.80 Å². The maximum Gasteiger partial charge on any atom is 0.282 e. The van der Waals surface area contributed by atoms with Gasteiger partial charge in [0.15, 0.2) is 0 Å². The number of likely N-dealkylation sites (tertiary alicyclic amines) is 1. The number of carbonyl (C=O) groups excluding carboxylic acids is 2. The molecule has 0 N–H and O–H groups in total. The number of nitrogens with zero attached hydrogens (tertiary/aromatic N) is 3. The van der Waals surface area contributed by atoms with Crippen LogP contribution in [0.4, 0.5) is 11.4 Å². The van der Waals surface area contributed by atoms with Crippen molar-refractivity contribution in [2.75, 3.05) is 36.0 Å². The van der Waals surface area contributed by atoms with Crippen molar-refractivity contribution in [2.24, 2.45) is 5.92 Å². The minimum Gasteiger partial charge on any atom is -0.372 e. The van der Waals surface area contributed by atoms with Crippen molar-refractivity contribution < 1.29 is 9.59 Å². The first-order valence-electron chi connectivity index (χ1n) is 12.2. The summed E-state index contributed by atoms with van der Waals surface area (Å²) in [5.74, 6) is 0.232. The fourth-order valence-corrected chi connectivity index (χ4v) is 5.22. The van der Waals surface area contributed by atoms with E-state index < -0.39 is 0 Å². The molecule has 33 heavy (non-hydrogen) atoms. The van der Waals surface area contributed by atoms with Crippen molar-refractivity contribution in [3.05, 3.63) is 64.9 Å². The minimum absolute atomic E-state index is 0.197. The summed E-state index contributed by atoms with van der Waals surface area (Å²) in [7, 11) is 0. The first-order valence-corrected chi connectivity index (χ1v) is 12.2. The zero-order chi connectivity index (χ0) is 23.1. The van der Waals surface area contributed by atoms with Gasteiger partial charge in [0.2, 0.25) is 0 Å². The van der Waals surface area contributed by atoms with Gasteiger partial charge in [-0.2, -0.15) is 0 Å². The van der Waals surface area contributed by atoms with Crippen molar-refractivity contribution in [1.82, 2.24) is 4.90 Å². The average Bonchev–Trinajstić information content (AvgIpc) is 3.43. The van der Waals surface area contributed by atoms with Crippen LogP contribution in [-0.2, 0) is 9.59 Å². The monoisotopic (exact) mass is 443 g/mol. The summed E-state index contributed by atoms with van der Waals surface area (Å²) in [4.78, 5) is 33.4. The summed E-state index contributed by atoms with van der Waals surface area (Å²) in [5.41, 5.74) is 6.05. The third kappa shape index (κ3) is 3.94. The molecule has 3 aliphatic heterocycles. The molecule has 0 bridgehead atoms. The summed E-state index contributed by atoms with van der Waals surface area (Å²) >= 11 is 0. The van der Waals surface area contributed by atoms with E-state index in [1.807, 2.05) is 42.5 Å². The normalized spacial score (nSPS) is 19.9. The highest BCUT2D eigenvalue weighted by Crippen LogP contribution is 2.37. The molecule has 0 atom stereocenters. The lowest BCUT2D eigenvalue weighted by atomic mass is 9.96. The van der Waals surface area contributed by atoms with Gasteiger partial charge >= 0.3 is 0 Å². The molecular weight excluding hydrogens is 410 g/mol. The summed E-state index contributed by atoms with van der Waals surface area (Å²) in [6, 6.07) is 14.0. The van der Waals surface area contributed by atoms with Crippen LogP contribution in [0.15, 0.2) is 48.2 Å². The maximum atomic E-state index is 13.8. The van der Waals surface area contributed by atoms with E-state index in [0.717, 1.165) is 55.8 Å². The second-order valence-electron chi connectivity index (χ2n) is 9.85. The Morgan fingerprint density at radius 1 is 0.727 bits per heavy atom. The van der Waals surface area contributed by atoms with E-state index in [1.54, 1.807) is 0 Å². The predicted octanol–water partition coefficient (Wildman–Crippen LogP) is 4.92. The lowest BCUT2D eigenvalue weighted by Gasteiger charge is -2.32. The van der Waals surface area contributed by atoms with E-state index in [9.17, 15) is 9.59 Å². The Kier molecular flexibility index (Phi) is 5.73. The number of aryl methyl sites for hydroxylation is 2. The second kappa shape index (κ2) is 8.69. The molecule has 5 rings (SSSR count). The van der Waals surface area contributed by atoms with Crippen molar-refractivity contribution in [2.45, 2.75) is 46.5 Å². The van der Waals surface area contributed by atoms with E-state index in [2.05, 4.69) is 30.6 Å².